The summed E-state index contributed by atoms with van der Waals surface area (Å²) in [6.07, 6.45) is 8.79. The monoisotopic (exact) mass is 156 g/mol. The molecule has 0 amide bonds. The van der Waals surface area contributed by atoms with Crippen molar-refractivity contribution in [2.45, 2.75) is 66.2 Å². The molecule has 0 atom stereocenters. The predicted molar refractivity (Wildman–Crippen MR) is 52.8 cm³/mol. The smallest absolute Gasteiger partial charge is 0.0300 e. The summed E-state index contributed by atoms with van der Waals surface area (Å²) in [5.41, 5.74) is 0.843. The summed E-state index contributed by atoms with van der Waals surface area (Å²) in [7, 11) is 0. The third kappa shape index (κ3) is 3.79. The fourth-order valence-electron chi connectivity index (χ4n) is 1.51. The third-order valence-electron chi connectivity index (χ3n) is 2.77. The van der Waals surface area contributed by atoms with E-state index in [0.29, 0.717) is 0 Å². The van der Waals surface area contributed by atoms with Crippen molar-refractivity contribution in [2.75, 3.05) is 0 Å². The van der Waals surface area contributed by atoms with E-state index in [1.165, 1.54) is 38.5 Å². The number of hydrogen-bond donors (Lipinski definition) is 0. The second-order valence-electron chi connectivity index (χ2n) is 3.46. The van der Waals surface area contributed by atoms with Crippen LogP contribution in [0, 0.1) is 5.41 Å². The van der Waals surface area contributed by atoms with E-state index in [1.54, 1.807) is 0 Å². The Balaban J connectivity index is 0.000000461. The van der Waals surface area contributed by atoms with Gasteiger partial charge in [0.15, 0.2) is 0 Å². The van der Waals surface area contributed by atoms with Gasteiger partial charge in [-0.05, 0) is 24.7 Å². The van der Waals surface area contributed by atoms with Crippen LogP contribution in [0.15, 0.2) is 0 Å². The van der Waals surface area contributed by atoms with E-state index in [2.05, 4.69) is 13.8 Å². The molecule has 0 N–H and O–H groups in total. The van der Waals surface area contributed by atoms with Gasteiger partial charge < -0.3 is 0 Å². The van der Waals surface area contributed by atoms with Crippen molar-refractivity contribution in [3.05, 3.63) is 0 Å². The van der Waals surface area contributed by atoms with E-state index in [-0.39, 0.29) is 0 Å². The van der Waals surface area contributed by atoms with Gasteiger partial charge in [-0.25, -0.2) is 0 Å². The Labute approximate surface area is 72.4 Å². The maximum atomic E-state index is 2.34. The molecule has 0 unspecified atom stereocenters. The van der Waals surface area contributed by atoms with Crippen LogP contribution in [0.3, 0.4) is 0 Å². The molecule has 11 heavy (non-hydrogen) atoms. The van der Waals surface area contributed by atoms with Crippen LogP contribution in [0.25, 0.3) is 0 Å². The first kappa shape index (κ1) is 11.0. The van der Waals surface area contributed by atoms with Crippen LogP contribution in [0.1, 0.15) is 66.2 Å². The van der Waals surface area contributed by atoms with Crippen molar-refractivity contribution in [2.24, 2.45) is 5.41 Å². The summed E-state index contributed by atoms with van der Waals surface area (Å²) in [5, 5.41) is 0. The van der Waals surface area contributed by atoms with E-state index in [4.69, 9.17) is 0 Å². The van der Waals surface area contributed by atoms with Crippen LogP contribution in [-0.2, 0) is 0 Å². The number of rotatable bonds is 4. The molecule has 0 heteroatoms. The van der Waals surface area contributed by atoms with E-state index in [9.17, 15) is 0 Å². The molecular formula is C11H24. The van der Waals surface area contributed by atoms with E-state index in [0.717, 1.165) is 5.41 Å². The Morgan fingerprint density at radius 1 is 1.09 bits per heavy atom. The summed E-state index contributed by atoms with van der Waals surface area (Å²) < 4.78 is 0. The van der Waals surface area contributed by atoms with E-state index in [1.807, 2.05) is 13.8 Å². The third-order valence-corrected chi connectivity index (χ3v) is 2.77. The molecule has 0 aliphatic heterocycles. The molecule has 1 aliphatic carbocycles. The van der Waals surface area contributed by atoms with Gasteiger partial charge in [-0.2, -0.15) is 0 Å². The van der Waals surface area contributed by atoms with Crippen LogP contribution in [0.5, 0.6) is 0 Å². The fourth-order valence-corrected chi connectivity index (χ4v) is 1.51. The predicted octanol–water partition coefficient (Wildman–Crippen LogP) is 4.39. The van der Waals surface area contributed by atoms with Gasteiger partial charge in [0.05, 0.1) is 0 Å². The second-order valence-corrected chi connectivity index (χ2v) is 3.46. The molecule has 0 bridgehead atoms. The van der Waals surface area contributed by atoms with Crippen molar-refractivity contribution in [3.8, 4) is 0 Å². The van der Waals surface area contributed by atoms with Crippen molar-refractivity contribution < 1.29 is 0 Å². The molecule has 0 aromatic heterocycles. The summed E-state index contributed by atoms with van der Waals surface area (Å²) in [6, 6.07) is 0. The highest BCUT2D eigenvalue weighted by Gasteiger charge is 2.39. The molecule has 0 saturated heterocycles. The minimum atomic E-state index is 0.843. The van der Waals surface area contributed by atoms with Crippen LogP contribution in [0.4, 0.5) is 0 Å². The highest BCUT2D eigenvalue weighted by atomic mass is 14.4. The van der Waals surface area contributed by atoms with Crippen LogP contribution < -0.4 is 0 Å². The van der Waals surface area contributed by atoms with Gasteiger partial charge >= 0.3 is 0 Å². The molecule has 68 valence electrons. The SMILES string of the molecule is CC.CCCCC1(CC)CC1. The van der Waals surface area contributed by atoms with E-state index >= 15 is 0 Å². The van der Waals surface area contributed by atoms with Crippen molar-refractivity contribution in [3.63, 3.8) is 0 Å². The molecule has 1 rings (SSSR count). The van der Waals surface area contributed by atoms with Gasteiger partial charge in [-0.3, -0.25) is 0 Å². The largest absolute Gasteiger partial charge is 0.0683 e. The van der Waals surface area contributed by atoms with Gasteiger partial charge in [0.25, 0.3) is 0 Å². The van der Waals surface area contributed by atoms with Crippen LogP contribution >= 0.6 is 0 Å². The maximum absolute atomic E-state index is 2.34. The minimum absolute atomic E-state index is 0.843. The summed E-state index contributed by atoms with van der Waals surface area (Å²) >= 11 is 0. The molecule has 0 aromatic rings. The second kappa shape index (κ2) is 5.62. The first-order valence-electron chi connectivity index (χ1n) is 5.33. The zero-order chi connectivity index (χ0) is 8.74. The Morgan fingerprint density at radius 3 is 1.91 bits per heavy atom. The molecule has 0 nitrogen and oxygen atoms in total. The Kier molecular flexibility index (Phi) is 5.62. The van der Waals surface area contributed by atoms with Crippen LogP contribution in [0.2, 0.25) is 0 Å². The van der Waals surface area contributed by atoms with Crippen molar-refractivity contribution >= 4 is 0 Å². The lowest BCUT2D eigenvalue weighted by molar-refractivity contribution is 0.431. The molecule has 1 aliphatic rings. The lowest BCUT2D eigenvalue weighted by Gasteiger charge is -2.09. The first-order chi connectivity index (χ1) is 5.33. The zero-order valence-corrected chi connectivity index (χ0v) is 8.74. The molecule has 0 aromatic carbocycles. The highest BCUT2D eigenvalue weighted by Crippen LogP contribution is 2.52. The maximum Gasteiger partial charge on any atom is -0.0300 e. The number of hydrogen-bond acceptors (Lipinski definition) is 0. The van der Waals surface area contributed by atoms with E-state index < -0.39 is 0 Å². The molecule has 0 heterocycles. The van der Waals surface area contributed by atoms with Gasteiger partial charge in [-0.1, -0.05) is 47.0 Å². The van der Waals surface area contributed by atoms with Crippen molar-refractivity contribution in [1.29, 1.82) is 0 Å². The lowest BCUT2D eigenvalue weighted by atomic mass is 9.97. The Hall–Kier alpha value is 0. The van der Waals surface area contributed by atoms with Gasteiger partial charge in [0, 0.05) is 0 Å². The summed E-state index contributed by atoms with van der Waals surface area (Å²) in [4.78, 5) is 0. The van der Waals surface area contributed by atoms with Crippen molar-refractivity contribution in [1.82, 2.24) is 0 Å². The topological polar surface area (TPSA) is 0 Å². The Morgan fingerprint density at radius 2 is 1.64 bits per heavy atom. The van der Waals surface area contributed by atoms with Gasteiger partial charge in [-0.15, -0.1) is 0 Å². The van der Waals surface area contributed by atoms with Gasteiger partial charge in [0.1, 0.15) is 0 Å². The average molecular weight is 156 g/mol. The number of unbranched alkanes of at least 4 members (excludes halogenated alkanes) is 1. The molecule has 0 spiro atoms. The minimum Gasteiger partial charge on any atom is -0.0683 e. The summed E-state index contributed by atoms with van der Waals surface area (Å²) in [5.74, 6) is 0. The normalized spacial score (nSPS) is 18.5. The van der Waals surface area contributed by atoms with Gasteiger partial charge in [0.2, 0.25) is 0 Å². The quantitative estimate of drug-likeness (QED) is 0.566. The molecular weight excluding hydrogens is 132 g/mol. The molecule has 1 fully saturated rings. The highest BCUT2D eigenvalue weighted by molar-refractivity contribution is 4.90. The van der Waals surface area contributed by atoms with Crippen LogP contribution in [-0.4, -0.2) is 0 Å². The average Bonchev–Trinajstić information content (AvgIpc) is 2.86. The Bertz CT molecular complexity index is 80.0. The first-order valence-corrected chi connectivity index (χ1v) is 5.33. The zero-order valence-electron chi connectivity index (χ0n) is 8.74. The molecule has 0 radical (unpaired) electrons. The fraction of sp³-hybridized carbons (Fsp3) is 1.00. The lowest BCUT2D eigenvalue weighted by Crippen LogP contribution is -1.96. The summed E-state index contributed by atoms with van der Waals surface area (Å²) in [6.45, 7) is 8.62. The standard InChI is InChI=1S/C9H18.C2H6/c1-3-5-6-9(4-2)7-8-9;1-2/h3-8H2,1-2H3;1-2H3. The molecule has 1 saturated carbocycles.